The minimum Gasteiger partial charge on any atom is -0.400 e. The third-order valence-electron chi connectivity index (χ3n) is 2.74. The van der Waals surface area contributed by atoms with Crippen molar-refractivity contribution in [2.75, 3.05) is 13.7 Å². The highest BCUT2D eigenvalue weighted by Gasteiger charge is 2.35. The Morgan fingerprint density at radius 2 is 1.50 bits per heavy atom. The molecule has 1 aliphatic heterocycles. The number of rotatable bonds is 2. The fourth-order valence-electron chi connectivity index (χ4n) is 1.80. The van der Waals surface area contributed by atoms with E-state index in [9.17, 15) is 22.8 Å². The molecule has 0 radical (unpaired) electrons. The molecule has 3 N–H and O–H groups in total. The second-order valence-electron chi connectivity index (χ2n) is 6.74. The van der Waals surface area contributed by atoms with Gasteiger partial charge in [0.2, 0.25) is 5.91 Å². The summed E-state index contributed by atoms with van der Waals surface area (Å²) in [5.41, 5.74) is 3.81. The maximum atomic E-state index is 11.8. The predicted octanol–water partition coefficient (Wildman–Crippen LogP) is 3.70. The molecule has 2 amide bonds. The van der Waals surface area contributed by atoms with Gasteiger partial charge in [0.05, 0.1) is 6.04 Å². The van der Waals surface area contributed by atoms with Gasteiger partial charge in [-0.25, -0.2) is 0 Å². The van der Waals surface area contributed by atoms with Crippen LogP contribution >= 0.6 is 0 Å². The van der Waals surface area contributed by atoms with Gasteiger partial charge in [0.25, 0.3) is 0 Å². The zero-order chi connectivity index (χ0) is 23.6. The van der Waals surface area contributed by atoms with Crippen LogP contribution in [-0.4, -0.2) is 54.0 Å². The second kappa shape index (κ2) is 18.7. The quantitative estimate of drug-likeness (QED) is 0.670. The van der Waals surface area contributed by atoms with Crippen molar-refractivity contribution < 1.29 is 32.7 Å². The van der Waals surface area contributed by atoms with Crippen molar-refractivity contribution in [1.82, 2.24) is 4.90 Å². The number of carbonyl (C=O) groups excluding carboxylic acids is 3. The summed E-state index contributed by atoms with van der Waals surface area (Å²) in [7, 11) is 1.00. The van der Waals surface area contributed by atoms with Crippen LogP contribution in [0.2, 0.25) is 0 Å². The van der Waals surface area contributed by atoms with Gasteiger partial charge in [0.15, 0.2) is 0 Å². The zero-order valence-corrected chi connectivity index (χ0v) is 18.5. The topological polar surface area (TPSA) is 101 Å². The van der Waals surface area contributed by atoms with E-state index >= 15 is 0 Å². The molecule has 0 aromatic carbocycles. The Morgan fingerprint density at radius 1 is 1.14 bits per heavy atom. The first kappa shape index (κ1) is 33.9. The molecule has 0 spiro atoms. The highest BCUT2D eigenvalue weighted by Crippen LogP contribution is 2.23. The molecule has 1 unspecified atom stereocenters. The number of alkyl halides is 3. The number of amides is 2. The predicted molar refractivity (Wildman–Crippen MR) is 106 cm³/mol. The molecule has 0 aromatic heterocycles. The SMILES string of the molecule is CC.CC(C)(C)CC(=O)N1CCCC1C=O.CCC.CO.NC(=O)C(F)(F)F. The Balaban J connectivity index is -0.000000173. The first-order chi connectivity index (χ1) is 12.8. The number of nitrogens with two attached hydrogens (primary N) is 1. The highest BCUT2D eigenvalue weighted by molar-refractivity contribution is 5.81. The van der Waals surface area contributed by atoms with Gasteiger partial charge in [0, 0.05) is 20.1 Å². The average molecular weight is 417 g/mol. The van der Waals surface area contributed by atoms with Crippen LogP contribution in [-0.2, 0) is 14.4 Å². The number of aliphatic hydroxyl groups excluding tert-OH is 1. The third-order valence-corrected chi connectivity index (χ3v) is 2.74. The number of aliphatic hydroxyl groups is 1. The Bertz CT molecular complexity index is 409. The van der Waals surface area contributed by atoms with Crippen molar-refractivity contribution >= 4 is 18.1 Å². The van der Waals surface area contributed by atoms with Crippen LogP contribution in [0.1, 0.15) is 74.1 Å². The van der Waals surface area contributed by atoms with Gasteiger partial charge >= 0.3 is 12.1 Å². The molecule has 1 atom stereocenters. The molecule has 0 bridgehead atoms. The Morgan fingerprint density at radius 3 is 1.75 bits per heavy atom. The number of carbonyl (C=O) groups is 3. The van der Waals surface area contributed by atoms with E-state index < -0.39 is 12.1 Å². The second-order valence-corrected chi connectivity index (χ2v) is 6.74. The van der Waals surface area contributed by atoms with Gasteiger partial charge in [0.1, 0.15) is 6.29 Å². The fourth-order valence-corrected chi connectivity index (χ4v) is 1.80. The van der Waals surface area contributed by atoms with Crippen LogP contribution in [0.4, 0.5) is 13.2 Å². The first-order valence-corrected chi connectivity index (χ1v) is 9.36. The monoisotopic (exact) mass is 416 g/mol. The molecule has 1 saturated heterocycles. The number of hydrogen-bond donors (Lipinski definition) is 2. The lowest BCUT2D eigenvalue weighted by Crippen LogP contribution is -2.38. The van der Waals surface area contributed by atoms with Crippen LogP contribution in [0.5, 0.6) is 0 Å². The normalized spacial score (nSPS) is 15.1. The summed E-state index contributed by atoms with van der Waals surface area (Å²) >= 11 is 0. The molecule has 1 aliphatic rings. The Kier molecular flexibility index (Phi) is 22.7. The lowest BCUT2D eigenvalue weighted by molar-refractivity contribution is -0.169. The fraction of sp³-hybridized carbons (Fsp3) is 0.842. The molecular formula is C19H39F3N2O4. The Hall–Kier alpha value is -1.64. The largest absolute Gasteiger partial charge is 0.470 e. The van der Waals surface area contributed by atoms with Crippen molar-refractivity contribution in [1.29, 1.82) is 0 Å². The van der Waals surface area contributed by atoms with E-state index in [1.54, 1.807) is 4.90 Å². The number of aldehydes is 1. The number of nitrogens with zero attached hydrogens (tertiary/aromatic N) is 1. The average Bonchev–Trinajstić information content (AvgIpc) is 3.06. The molecule has 28 heavy (non-hydrogen) atoms. The van der Waals surface area contributed by atoms with E-state index in [1.165, 1.54) is 6.42 Å². The summed E-state index contributed by atoms with van der Waals surface area (Å²) in [6.45, 7) is 15.1. The summed E-state index contributed by atoms with van der Waals surface area (Å²) in [6, 6.07) is -0.162. The molecule has 0 saturated carbocycles. The van der Waals surface area contributed by atoms with Gasteiger partial charge in [-0.1, -0.05) is 54.9 Å². The molecule has 6 nitrogen and oxygen atoms in total. The summed E-state index contributed by atoms with van der Waals surface area (Å²) in [4.78, 5) is 33.3. The third kappa shape index (κ3) is 20.7. The van der Waals surface area contributed by atoms with Crippen molar-refractivity contribution in [3.8, 4) is 0 Å². The first-order valence-electron chi connectivity index (χ1n) is 9.36. The summed E-state index contributed by atoms with van der Waals surface area (Å²) in [6.07, 6.45) is -0.399. The van der Waals surface area contributed by atoms with Gasteiger partial charge in [-0.2, -0.15) is 13.2 Å². The summed E-state index contributed by atoms with van der Waals surface area (Å²) in [5.74, 6) is -2.14. The minimum atomic E-state index is -4.86. The van der Waals surface area contributed by atoms with Crippen molar-refractivity contribution in [2.24, 2.45) is 11.1 Å². The maximum Gasteiger partial charge on any atom is 0.470 e. The molecular weight excluding hydrogens is 377 g/mol. The number of likely N-dealkylation sites (tertiary alicyclic amines) is 1. The van der Waals surface area contributed by atoms with E-state index in [2.05, 4.69) is 19.6 Å². The zero-order valence-electron chi connectivity index (χ0n) is 18.5. The number of primary amides is 1. The minimum absolute atomic E-state index is 0.00705. The summed E-state index contributed by atoms with van der Waals surface area (Å²) < 4.78 is 32.1. The molecule has 170 valence electrons. The van der Waals surface area contributed by atoms with Crippen molar-refractivity contribution in [2.45, 2.75) is 86.4 Å². The van der Waals surface area contributed by atoms with Crippen LogP contribution in [0.25, 0.3) is 0 Å². The van der Waals surface area contributed by atoms with Gasteiger partial charge in [-0.15, -0.1) is 0 Å². The van der Waals surface area contributed by atoms with E-state index in [0.717, 1.165) is 32.8 Å². The molecule has 0 aliphatic carbocycles. The highest BCUT2D eigenvalue weighted by atomic mass is 19.4. The number of halogens is 3. The van der Waals surface area contributed by atoms with E-state index in [0.29, 0.717) is 6.42 Å². The summed E-state index contributed by atoms with van der Waals surface area (Å²) in [5, 5.41) is 7.00. The molecule has 1 rings (SSSR count). The van der Waals surface area contributed by atoms with Crippen LogP contribution in [0.3, 0.4) is 0 Å². The lowest BCUT2D eigenvalue weighted by Gasteiger charge is -2.25. The van der Waals surface area contributed by atoms with Gasteiger partial charge in [-0.05, 0) is 18.3 Å². The van der Waals surface area contributed by atoms with Crippen LogP contribution in [0.15, 0.2) is 0 Å². The van der Waals surface area contributed by atoms with E-state index in [1.807, 2.05) is 34.6 Å². The van der Waals surface area contributed by atoms with Gasteiger partial charge in [-0.3, -0.25) is 9.59 Å². The molecule has 9 heteroatoms. The van der Waals surface area contributed by atoms with E-state index in [4.69, 9.17) is 9.90 Å². The number of hydrogen-bond acceptors (Lipinski definition) is 4. The van der Waals surface area contributed by atoms with Gasteiger partial charge < -0.3 is 20.5 Å². The van der Waals surface area contributed by atoms with Crippen molar-refractivity contribution in [3.63, 3.8) is 0 Å². The van der Waals surface area contributed by atoms with Crippen LogP contribution in [0, 0.1) is 5.41 Å². The van der Waals surface area contributed by atoms with Crippen LogP contribution < -0.4 is 5.73 Å². The molecule has 0 aromatic rings. The smallest absolute Gasteiger partial charge is 0.400 e. The van der Waals surface area contributed by atoms with Crippen molar-refractivity contribution in [3.05, 3.63) is 0 Å². The molecule has 1 fully saturated rings. The lowest BCUT2D eigenvalue weighted by atomic mass is 9.91. The Labute approximate surface area is 167 Å². The standard InChI is InChI=1S/C11H19NO2.C3H8.C2H2F3NO.C2H6.CH4O/c1-11(2,3)7-10(14)12-6-4-5-9(12)8-13;1-3-2;3-2(4,5)1(6)7;2*1-2/h8-9H,4-7H2,1-3H3;3H2,1-2H3;(H2,6,7);1-2H3;2H,1H3. The van der Waals surface area contributed by atoms with E-state index in [-0.39, 0.29) is 17.4 Å². The molecule has 1 heterocycles. The maximum absolute atomic E-state index is 11.8.